The summed E-state index contributed by atoms with van der Waals surface area (Å²) in [6, 6.07) is 5.97. The molecule has 1 nitrogen and oxygen atoms in total. The maximum atomic E-state index is 6.33. The van der Waals surface area contributed by atoms with Crippen LogP contribution in [0.15, 0.2) is 18.2 Å². The average Bonchev–Trinajstić information content (AvgIpc) is 2.30. The van der Waals surface area contributed by atoms with Crippen LogP contribution in [0.2, 0.25) is 10.0 Å². The summed E-state index contributed by atoms with van der Waals surface area (Å²) in [5.74, 6) is 0. The van der Waals surface area contributed by atoms with Crippen LogP contribution in [0.25, 0.3) is 0 Å². The highest BCUT2D eigenvalue weighted by Gasteiger charge is 2.20. The molecule has 0 radical (unpaired) electrons. The molecule has 0 saturated carbocycles. The summed E-state index contributed by atoms with van der Waals surface area (Å²) in [7, 11) is 0. The summed E-state index contributed by atoms with van der Waals surface area (Å²) >= 11 is 12.7. The van der Waals surface area contributed by atoms with E-state index in [0.717, 1.165) is 41.4 Å². The Kier molecular flexibility index (Phi) is 6.65. The topological polar surface area (TPSA) is 12.0 Å². The van der Waals surface area contributed by atoms with Gasteiger partial charge in [-0.2, -0.15) is 0 Å². The zero-order valence-electron chi connectivity index (χ0n) is 12.4. The van der Waals surface area contributed by atoms with Crippen LogP contribution in [0.5, 0.6) is 0 Å². The molecule has 19 heavy (non-hydrogen) atoms. The molecule has 0 aromatic heterocycles. The second-order valence-electron chi connectivity index (χ2n) is 6.24. The van der Waals surface area contributed by atoms with Crippen LogP contribution in [0.4, 0.5) is 0 Å². The van der Waals surface area contributed by atoms with Gasteiger partial charge in [0.1, 0.15) is 0 Å². The summed E-state index contributed by atoms with van der Waals surface area (Å²) in [4.78, 5) is 0. The largest absolute Gasteiger partial charge is 0.310 e. The van der Waals surface area contributed by atoms with Crippen molar-refractivity contribution in [3.05, 3.63) is 33.8 Å². The molecule has 0 aliphatic heterocycles. The maximum absolute atomic E-state index is 6.33. The van der Waals surface area contributed by atoms with Gasteiger partial charge >= 0.3 is 0 Å². The lowest BCUT2D eigenvalue weighted by Crippen LogP contribution is -2.24. The summed E-state index contributed by atoms with van der Waals surface area (Å²) in [6.07, 6.45) is 3.29. The second kappa shape index (κ2) is 7.52. The number of nitrogens with one attached hydrogen (secondary N) is 1. The molecular weight excluding hydrogens is 277 g/mol. The highest BCUT2D eigenvalue weighted by molar-refractivity contribution is 6.36. The first-order valence-corrected chi connectivity index (χ1v) is 7.78. The molecule has 0 heterocycles. The molecule has 0 amide bonds. The van der Waals surface area contributed by atoms with E-state index in [4.69, 9.17) is 23.2 Å². The summed E-state index contributed by atoms with van der Waals surface area (Å²) in [5, 5.41) is 5.09. The van der Waals surface area contributed by atoms with Crippen molar-refractivity contribution < 1.29 is 0 Å². The van der Waals surface area contributed by atoms with Gasteiger partial charge in [-0.05, 0) is 43.4 Å². The Morgan fingerprint density at radius 3 is 2.21 bits per heavy atom. The molecule has 0 saturated heterocycles. The van der Waals surface area contributed by atoms with Crippen LogP contribution in [0.3, 0.4) is 0 Å². The smallest absolute Gasteiger partial charge is 0.0468 e. The van der Waals surface area contributed by atoms with Crippen molar-refractivity contribution in [3.63, 3.8) is 0 Å². The first-order valence-electron chi connectivity index (χ1n) is 7.02. The third kappa shape index (κ3) is 5.72. The van der Waals surface area contributed by atoms with Crippen LogP contribution in [0, 0.1) is 5.41 Å². The average molecular weight is 302 g/mol. The molecule has 0 spiro atoms. The molecule has 1 N–H and O–H groups in total. The lowest BCUT2D eigenvalue weighted by atomic mass is 9.87. The third-order valence-electron chi connectivity index (χ3n) is 3.17. The molecule has 0 fully saturated rings. The third-order valence-corrected chi connectivity index (χ3v) is 3.83. The van der Waals surface area contributed by atoms with Gasteiger partial charge in [-0.3, -0.25) is 0 Å². The number of rotatable bonds is 6. The Hall–Kier alpha value is -0.240. The van der Waals surface area contributed by atoms with E-state index in [1.807, 2.05) is 18.2 Å². The van der Waals surface area contributed by atoms with Gasteiger partial charge in [0.2, 0.25) is 0 Å². The highest BCUT2D eigenvalue weighted by atomic mass is 35.5. The van der Waals surface area contributed by atoms with Gasteiger partial charge in [-0.15, -0.1) is 0 Å². The van der Waals surface area contributed by atoms with Crippen molar-refractivity contribution in [3.8, 4) is 0 Å². The number of halogens is 2. The number of benzene rings is 1. The number of hydrogen-bond donors (Lipinski definition) is 1. The Balaban J connectivity index is 2.89. The van der Waals surface area contributed by atoms with Crippen molar-refractivity contribution in [2.45, 2.75) is 53.0 Å². The van der Waals surface area contributed by atoms with Gasteiger partial charge in [-0.1, -0.05) is 57.0 Å². The van der Waals surface area contributed by atoms with E-state index in [2.05, 4.69) is 33.0 Å². The van der Waals surface area contributed by atoms with Crippen molar-refractivity contribution in [2.75, 3.05) is 6.54 Å². The molecular formula is C16H25Cl2N. The van der Waals surface area contributed by atoms with Crippen LogP contribution >= 0.6 is 23.2 Å². The van der Waals surface area contributed by atoms with Crippen molar-refractivity contribution >= 4 is 23.2 Å². The minimum absolute atomic E-state index is 0.236. The molecule has 1 aromatic rings. The van der Waals surface area contributed by atoms with Gasteiger partial charge in [0.05, 0.1) is 0 Å². The molecule has 1 aromatic carbocycles. The van der Waals surface area contributed by atoms with Crippen LogP contribution in [0.1, 0.15) is 58.6 Å². The van der Waals surface area contributed by atoms with Crippen molar-refractivity contribution in [2.24, 2.45) is 5.41 Å². The van der Waals surface area contributed by atoms with Crippen LogP contribution < -0.4 is 5.32 Å². The Morgan fingerprint density at radius 1 is 1.16 bits per heavy atom. The fourth-order valence-corrected chi connectivity index (χ4v) is 2.75. The number of hydrogen-bond acceptors (Lipinski definition) is 1. The SMILES string of the molecule is CCCNC(CCC(C)(C)C)c1c(Cl)cccc1Cl. The summed E-state index contributed by atoms with van der Waals surface area (Å²) in [6.45, 7) is 9.94. The van der Waals surface area contributed by atoms with E-state index < -0.39 is 0 Å². The van der Waals surface area contributed by atoms with Crippen molar-refractivity contribution in [1.82, 2.24) is 5.32 Å². The summed E-state index contributed by atoms with van der Waals surface area (Å²) in [5.41, 5.74) is 1.36. The lowest BCUT2D eigenvalue weighted by Gasteiger charge is -2.25. The second-order valence-corrected chi connectivity index (χ2v) is 7.06. The Labute approximate surface area is 127 Å². The predicted molar refractivity (Wildman–Crippen MR) is 86.2 cm³/mol. The fraction of sp³-hybridized carbons (Fsp3) is 0.625. The highest BCUT2D eigenvalue weighted by Crippen LogP contribution is 2.35. The van der Waals surface area contributed by atoms with Crippen LogP contribution in [-0.4, -0.2) is 6.54 Å². The van der Waals surface area contributed by atoms with E-state index >= 15 is 0 Å². The Morgan fingerprint density at radius 2 is 1.74 bits per heavy atom. The van der Waals surface area contributed by atoms with E-state index in [1.54, 1.807) is 0 Å². The van der Waals surface area contributed by atoms with Crippen LogP contribution in [-0.2, 0) is 0 Å². The minimum Gasteiger partial charge on any atom is -0.310 e. The summed E-state index contributed by atoms with van der Waals surface area (Å²) < 4.78 is 0. The lowest BCUT2D eigenvalue weighted by molar-refractivity contribution is 0.332. The van der Waals surface area contributed by atoms with Gasteiger partial charge in [0.15, 0.2) is 0 Å². The first kappa shape index (κ1) is 16.8. The minimum atomic E-state index is 0.236. The van der Waals surface area contributed by atoms with Gasteiger partial charge in [-0.25, -0.2) is 0 Å². The molecule has 0 aliphatic rings. The van der Waals surface area contributed by atoms with Gasteiger partial charge < -0.3 is 5.32 Å². The molecule has 1 unspecified atom stereocenters. The first-order chi connectivity index (χ1) is 8.85. The monoisotopic (exact) mass is 301 g/mol. The molecule has 1 atom stereocenters. The maximum Gasteiger partial charge on any atom is 0.0468 e. The fourth-order valence-electron chi connectivity index (χ4n) is 2.09. The van der Waals surface area contributed by atoms with Gasteiger partial charge in [0, 0.05) is 21.7 Å². The zero-order chi connectivity index (χ0) is 14.5. The molecule has 0 aliphatic carbocycles. The quantitative estimate of drug-likeness (QED) is 0.694. The molecule has 108 valence electrons. The van der Waals surface area contributed by atoms with E-state index in [1.165, 1.54) is 0 Å². The van der Waals surface area contributed by atoms with Crippen molar-refractivity contribution in [1.29, 1.82) is 0 Å². The standard InChI is InChI=1S/C16H25Cl2N/c1-5-11-19-14(9-10-16(2,3)4)15-12(17)7-6-8-13(15)18/h6-8,14,19H,5,9-11H2,1-4H3. The van der Waals surface area contributed by atoms with E-state index in [-0.39, 0.29) is 6.04 Å². The normalized spacial score (nSPS) is 13.6. The van der Waals surface area contributed by atoms with Gasteiger partial charge in [0.25, 0.3) is 0 Å². The predicted octanol–water partition coefficient (Wildman–Crippen LogP) is 5.86. The molecule has 0 bridgehead atoms. The zero-order valence-corrected chi connectivity index (χ0v) is 13.9. The van der Waals surface area contributed by atoms with E-state index in [9.17, 15) is 0 Å². The molecule has 3 heteroatoms. The molecule has 1 rings (SSSR count). The van der Waals surface area contributed by atoms with E-state index in [0.29, 0.717) is 5.41 Å². The Bertz CT molecular complexity index is 376.